The summed E-state index contributed by atoms with van der Waals surface area (Å²) >= 11 is 1.65. The van der Waals surface area contributed by atoms with Crippen LogP contribution in [0.2, 0.25) is 0 Å². The van der Waals surface area contributed by atoms with Crippen LogP contribution in [0.15, 0.2) is 42.7 Å². The Kier molecular flexibility index (Phi) is 8.12. The molecule has 0 saturated heterocycles. The van der Waals surface area contributed by atoms with Crippen LogP contribution in [0.3, 0.4) is 0 Å². The monoisotopic (exact) mass is 428 g/mol. The number of methoxy groups -OCH3 is 2. The van der Waals surface area contributed by atoms with Gasteiger partial charge in [0.15, 0.2) is 0 Å². The second-order valence-electron chi connectivity index (χ2n) is 6.93. The van der Waals surface area contributed by atoms with Crippen molar-refractivity contribution in [2.75, 3.05) is 59.0 Å². The maximum Gasteiger partial charge on any atom is 0.224 e. The number of fused-ring (bicyclic) bond motifs is 1. The molecule has 0 aliphatic rings. The zero-order chi connectivity index (χ0) is 21.3. The molecule has 0 N–H and O–H groups in total. The fraction of sp³-hybridized carbons (Fsp3) is 0.409. The van der Waals surface area contributed by atoms with Gasteiger partial charge in [0, 0.05) is 52.2 Å². The molecule has 7 nitrogen and oxygen atoms in total. The van der Waals surface area contributed by atoms with Crippen molar-refractivity contribution < 1.29 is 14.3 Å². The maximum absolute atomic E-state index is 12.7. The predicted octanol–water partition coefficient (Wildman–Crippen LogP) is 3.31. The molecule has 3 rings (SSSR count). The largest absolute Gasteiger partial charge is 0.383 e. The van der Waals surface area contributed by atoms with E-state index in [1.54, 1.807) is 36.8 Å². The van der Waals surface area contributed by atoms with Crippen molar-refractivity contribution in [2.24, 2.45) is 0 Å². The lowest BCUT2D eigenvalue weighted by Crippen LogP contribution is -2.38. The van der Waals surface area contributed by atoms with Crippen LogP contribution in [0.4, 0.5) is 5.82 Å². The third kappa shape index (κ3) is 5.53. The van der Waals surface area contributed by atoms with Gasteiger partial charge in [0.25, 0.3) is 0 Å². The molecule has 2 aromatic heterocycles. The van der Waals surface area contributed by atoms with Crippen molar-refractivity contribution in [3.05, 3.63) is 42.7 Å². The van der Waals surface area contributed by atoms with Gasteiger partial charge in [0.2, 0.25) is 5.91 Å². The Bertz CT molecular complexity index is 940. The number of benzene rings is 1. The number of carbonyl (C=O) groups is 1. The van der Waals surface area contributed by atoms with Gasteiger partial charge < -0.3 is 19.3 Å². The fourth-order valence-electron chi connectivity index (χ4n) is 3.18. The molecule has 0 radical (unpaired) electrons. The zero-order valence-corrected chi connectivity index (χ0v) is 18.5. The highest BCUT2D eigenvalue weighted by atomic mass is 32.1. The maximum atomic E-state index is 12.7. The van der Waals surface area contributed by atoms with Crippen LogP contribution < -0.4 is 4.90 Å². The quantitative estimate of drug-likeness (QED) is 0.467. The molecule has 0 aliphatic heterocycles. The van der Waals surface area contributed by atoms with Gasteiger partial charge in [0.1, 0.15) is 17.0 Å². The van der Waals surface area contributed by atoms with Crippen LogP contribution in [0.25, 0.3) is 20.7 Å². The van der Waals surface area contributed by atoms with Crippen molar-refractivity contribution in [1.29, 1.82) is 0 Å². The van der Waals surface area contributed by atoms with Gasteiger partial charge in [-0.25, -0.2) is 9.97 Å². The molecule has 3 aromatic rings. The van der Waals surface area contributed by atoms with Crippen molar-refractivity contribution in [1.82, 2.24) is 14.9 Å². The lowest BCUT2D eigenvalue weighted by atomic mass is 10.2. The number of ether oxygens (including phenoxy) is 2. The van der Waals surface area contributed by atoms with Crippen LogP contribution in [0.1, 0.15) is 6.42 Å². The molecule has 0 atom stereocenters. The summed E-state index contributed by atoms with van der Waals surface area (Å²) in [5.41, 5.74) is 1.16. The summed E-state index contributed by atoms with van der Waals surface area (Å²) in [5, 5.41) is 1.01. The SMILES string of the molecule is COCCN(CCOC)C(=O)CCN(C)c1ncnc2sc(-c3ccccc3)cc12. The molecule has 160 valence electrons. The lowest BCUT2D eigenvalue weighted by Gasteiger charge is -2.24. The number of thiophene rings is 1. The number of rotatable bonds is 11. The Balaban J connectivity index is 1.71. The normalized spacial score (nSPS) is 11.0. The first-order chi connectivity index (χ1) is 14.6. The number of aromatic nitrogens is 2. The number of anilines is 1. The van der Waals surface area contributed by atoms with E-state index in [-0.39, 0.29) is 5.91 Å². The minimum absolute atomic E-state index is 0.0801. The molecule has 2 heterocycles. The topological polar surface area (TPSA) is 67.8 Å². The molecule has 0 spiro atoms. The second-order valence-corrected chi connectivity index (χ2v) is 7.96. The van der Waals surface area contributed by atoms with Crippen molar-refractivity contribution in [3.63, 3.8) is 0 Å². The second kappa shape index (κ2) is 11.0. The summed E-state index contributed by atoms with van der Waals surface area (Å²) in [6.45, 7) is 2.71. The third-order valence-electron chi connectivity index (χ3n) is 4.87. The number of hydrogen-bond acceptors (Lipinski definition) is 7. The molecule has 0 fully saturated rings. The summed E-state index contributed by atoms with van der Waals surface area (Å²) in [7, 11) is 5.24. The minimum Gasteiger partial charge on any atom is -0.383 e. The highest BCUT2D eigenvalue weighted by Gasteiger charge is 2.17. The van der Waals surface area contributed by atoms with E-state index >= 15 is 0 Å². The van der Waals surface area contributed by atoms with Gasteiger partial charge in [-0.3, -0.25) is 4.79 Å². The van der Waals surface area contributed by atoms with Gasteiger partial charge in [0.05, 0.1) is 18.6 Å². The Morgan fingerprint density at radius 1 is 1.03 bits per heavy atom. The summed E-state index contributed by atoms with van der Waals surface area (Å²) in [6, 6.07) is 12.4. The highest BCUT2D eigenvalue weighted by molar-refractivity contribution is 7.21. The van der Waals surface area contributed by atoms with Crippen molar-refractivity contribution in [3.8, 4) is 10.4 Å². The Morgan fingerprint density at radius 2 is 1.73 bits per heavy atom. The number of amides is 1. The van der Waals surface area contributed by atoms with Crippen LogP contribution >= 0.6 is 11.3 Å². The summed E-state index contributed by atoms with van der Waals surface area (Å²) in [6.07, 6.45) is 1.98. The minimum atomic E-state index is 0.0801. The van der Waals surface area contributed by atoms with Gasteiger partial charge in [-0.1, -0.05) is 30.3 Å². The first-order valence-corrected chi connectivity index (χ1v) is 10.7. The van der Waals surface area contributed by atoms with E-state index in [9.17, 15) is 4.79 Å². The first kappa shape index (κ1) is 22.1. The van der Waals surface area contributed by atoms with E-state index in [4.69, 9.17) is 9.47 Å². The predicted molar refractivity (Wildman–Crippen MR) is 121 cm³/mol. The van der Waals surface area contributed by atoms with Gasteiger partial charge in [-0.05, 0) is 11.6 Å². The van der Waals surface area contributed by atoms with E-state index in [0.29, 0.717) is 39.3 Å². The number of carbonyl (C=O) groups excluding carboxylic acids is 1. The summed E-state index contributed by atoms with van der Waals surface area (Å²) in [4.78, 5) is 27.5. The summed E-state index contributed by atoms with van der Waals surface area (Å²) < 4.78 is 10.2. The highest BCUT2D eigenvalue weighted by Crippen LogP contribution is 2.35. The van der Waals surface area contributed by atoms with E-state index in [1.165, 1.54) is 0 Å². The molecule has 8 heteroatoms. The van der Waals surface area contributed by atoms with E-state index in [0.717, 1.165) is 26.5 Å². The molecular formula is C22H28N4O3S. The van der Waals surface area contributed by atoms with E-state index in [1.807, 2.05) is 30.1 Å². The summed E-state index contributed by atoms with van der Waals surface area (Å²) in [5.74, 6) is 0.920. The van der Waals surface area contributed by atoms with Crippen LogP contribution in [-0.2, 0) is 14.3 Å². The standard InChI is InChI=1S/C22H28N4O3S/c1-25(10-9-20(27)26(11-13-28-2)12-14-29-3)21-18-15-19(17-7-5-4-6-8-17)30-22(18)24-16-23-21/h4-8,15-16H,9-14H2,1-3H3. The number of nitrogens with zero attached hydrogens (tertiary/aromatic N) is 4. The van der Waals surface area contributed by atoms with Crippen LogP contribution in [0, 0.1) is 0 Å². The molecule has 0 unspecified atom stereocenters. The third-order valence-corrected chi connectivity index (χ3v) is 5.96. The first-order valence-electron chi connectivity index (χ1n) is 9.90. The van der Waals surface area contributed by atoms with Crippen LogP contribution in [0.5, 0.6) is 0 Å². The van der Waals surface area contributed by atoms with E-state index in [2.05, 4.69) is 28.2 Å². The average molecular weight is 429 g/mol. The smallest absolute Gasteiger partial charge is 0.224 e. The Labute approximate surface area is 181 Å². The van der Waals surface area contributed by atoms with Crippen LogP contribution in [-0.4, -0.2) is 74.9 Å². The van der Waals surface area contributed by atoms with Gasteiger partial charge in [-0.2, -0.15) is 0 Å². The van der Waals surface area contributed by atoms with Crippen molar-refractivity contribution >= 4 is 33.3 Å². The molecule has 30 heavy (non-hydrogen) atoms. The van der Waals surface area contributed by atoms with E-state index < -0.39 is 0 Å². The average Bonchev–Trinajstić information content (AvgIpc) is 3.22. The zero-order valence-electron chi connectivity index (χ0n) is 17.7. The number of hydrogen-bond donors (Lipinski definition) is 0. The lowest BCUT2D eigenvalue weighted by molar-refractivity contribution is -0.132. The van der Waals surface area contributed by atoms with Gasteiger partial charge in [-0.15, -0.1) is 11.3 Å². The van der Waals surface area contributed by atoms with Gasteiger partial charge >= 0.3 is 0 Å². The molecular weight excluding hydrogens is 400 g/mol. The molecule has 0 bridgehead atoms. The molecule has 1 amide bonds. The fourth-order valence-corrected chi connectivity index (χ4v) is 4.18. The molecule has 0 aliphatic carbocycles. The molecule has 1 aromatic carbocycles. The van der Waals surface area contributed by atoms with Crippen molar-refractivity contribution in [2.45, 2.75) is 6.42 Å². The molecule has 0 saturated carbocycles. The Morgan fingerprint density at radius 3 is 2.40 bits per heavy atom. The Hall–Kier alpha value is -2.55.